The van der Waals surface area contributed by atoms with Gasteiger partial charge in [0.1, 0.15) is 0 Å². The number of hydrogen-bond donors (Lipinski definition) is 1. The van der Waals surface area contributed by atoms with Crippen molar-refractivity contribution in [1.29, 1.82) is 0 Å². The van der Waals surface area contributed by atoms with Crippen LogP contribution in [0.2, 0.25) is 5.02 Å². The van der Waals surface area contributed by atoms with Crippen LogP contribution in [0.15, 0.2) is 67.0 Å². The van der Waals surface area contributed by atoms with Gasteiger partial charge in [-0.2, -0.15) is 0 Å². The van der Waals surface area contributed by atoms with Gasteiger partial charge in [0.05, 0.1) is 18.9 Å². The van der Waals surface area contributed by atoms with E-state index in [1.807, 2.05) is 30.3 Å². The predicted octanol–water partition coefficient (Wildman–Crippen LogP) is 4.83. The zero-order chi connectivity index (χ0) is 21.0. The molecule has 6 nitrogen and oxygen atoms in total. The third-order valence-electron chi connectivity index (χ3n) is 5.59. The van der Waals surface area contributed by atoms with Gasteiger partial charge in [0.2, 0.25) is 5.95 Å². The average molecular weight is 434 g/mol. The lowest BCUT2D eigenvalue weighted by atomic mass is 10.1. The van der Waals surface area contributed by atoms with Crippen LogP contribution in [0.5, 0.6) is 0 Å². The fourth-order valence-corrected chi connectivity index (χ4v) is 4.17. The molecule has 0 unspecified atom stereocenters. The molecule has 4 aromatic rings. The summed E-state index contributed by atoms with van der Waals surface area (Å²) in [6.45, 7) is 5.66. The summed E-state index contributed by atoms with van der Waals surface area (Å²) in [5, 5.41) is 5.10. The first kappa shape index (κ1) is 20.0. The second-order valence-electron chi connectivity index (χ2n) is 7.60. The molecule has 1 aliphatic heterocycles. The van der Waals surface area contributed by atoms with Crippen LogP contribution in [0, 0.1) is 0 Å². The highest BCUT2D eigenvalue weighted by molar-refractivity contribution is 6.30. The van der Waals surface area contributed by atoms with E-state index in [9.17, 15) is 0 Å². The summed E-state index contributed by atoms with van der Waals surface area (Å²) in [4.78, 5) is 11.6. The molecule has 1 fully saturated rings. The summed E-state index contributed by atoms with van der Waals surface area (Å²) in [6, 6.07) is 18.0. The maximum absolute atomic E-state index is 6.09. The Morgan fingerprint density at radius 3 is 2.74 bits per heavy atom. The molecule has 1 aliphatic rings. The first-order valence-electron chi connectivity index (χ1n) is 10.5. The fraction of sp³-hybridized carbons (Fsp3) is 0.250. The smallest absolute Gasteiger partial charge is 0.227 e. The monoisotopic (exact) mass is 433 g/mol. The fourth-order valence-electron chi connectivity index (χ4n) is 3.98. The van der Waals surface area contributed by atoms with Crippen LogP contribution in [0.3, 0.4) is 0 Å². The van der Waals surface area contributed by atoms with Crippen molar-refractivity contribution in [3.63, 3.8) is 0 Å². The minimum absolute atomic E-state index is 0.545. The quantitative estimate of drug-likeness (QED) is 0.472. The molecule has 7 heteroatoms. The Bertz CT molecular complexity index is 1190. The van der Waals surface area contributed by atoms with Crippen molar-refractivity contribution in [2.24, 2.45) is 0 Å². The lowest BCUT2D eigenvalue weighted by Crippen LogP contribution is -2.38. The van der Waals surface area contributed by atoms with Crippen molar-refractivity contribution in [3.05, 3.63) is 72.0 Å². The van der Waals surface area contributed by atoms with Crippen LogP contribution >= 0.6 is 11.6 Å². The molecule has 31 heavy (non-hydrogen) atoms. The molecule has 3 heterocycles. The number of fused-ring (bicyclic) bond motifs is 1. The summed E-state index contributed by atoms with van der Waals surface area (Å²) in [5.74, 6) is 0.545. The van der Waals surface area contributed by atoms with Gasteiger partial charge in [-0.1, -0.05) is 29.8 Å². The number of ether oxygens (including phenoxy) is 1. The van der Waals surface area contributed by atoms with Crippen molar-refractivity contribution in [2.45, 2.75) is 6.54 Å². The van der Waals surface area contributed by atoms with Crippen LogP contribution < -0.4 is 5.32 Å². The van der Waals surface area contributed by atoms with Gasteiger partial charge in [-0.15, -0.1) is 0 Å². The highest BCUT2D eigenvalue weighted by atomic mass is 35.5. The highest BCUT2D eigenvalue weighted by Gasteiger charge is 2.13. The van der Waals surface area contributed by atoms with Gasteiger partial charge in [0.15, 0.2) is 0 Å². The zero-order valence-corrected chi connectivity index (χ0v) is 17.9. The van der Waals surface area contributed by atoms with Crippen LogP contribution in [0.25, 0.3) is 22.2 Å². The Hall–Kier alpha value is -2.93. The Kier molecular flexibility index (Phi) is 5.84. The zero-order valence-electron chi connectivity index (χ0n) is 17.2. The van der Waals surface area contributed by atoms with E-state index in [0.717, 1.165) is 56.3 Å². The molecular weight excluding hydrogens is 410 g/mol. The molecule has 2 aromatic carbocycles. The molecule has 0 aliphatic carbocycles. The molecule has 2 aromatic heterocycles. The highest BCUT2D eigenvalue weighted by Crippen LogP contribution is 2.29. The van der Waals surface area contributed by atoms with Gasteiger partial charge >= 0.3 is 0 Å². The molecule has 1 N–H and O–H groups in total. The standard InChI is InChI=1S/C24H24ClN5O/c25-18-3-1-4-19(17-18)27-24-26-9-7-22(28-24)20-5-2-6-23-21(20)8-10-30(23)12-11-29-13-15-31-16-14-29/h1-10,17H,11-16H2,(H,26,27,28). The van der Waals surface area contributed by atoms with Crippen LogP contribution in [-0.2, 0) is 11.3 Å². The second kappa shape index (κ2) is 9.06. The summed E-state index contributed by atoms with van der Waals surface area (Å²) >= 11 is 6.09. The van der Waals surface area contributed by atoms with E-state index in [-0.39, 0.29) is 0 Å². The number of nitrogens with one attached hydrogen (secondary N) is 1. The molecule has 0 spiro atoms. The number of anilines is 2. The normalized spacial score (nSPS) is 14.7. The van der Waals surface area contributed by atoms with E-state index in [4.69, 9.17) is 21.3 Å². The summed E-state index contributed by atoms with van der Waals surface area (Å²) in [5.41, 5.74) is 4.06. The van der Waals surface area contributed by atoms with Crippen LogP contribution in [0.4, 0.5) is 11.6 Å². The van der Waals surface area contributed by atoms with Gasteiger partial charge in [-0.3, -0.25) is 4.90 Å². The Morgan fingerprint density at radius 2 is 1.87 bits per heavy atom. The maximum Gasteiger partial charge on any atom is 0.227 e. The number of hydrogen-bond acceptors (Lipinski definition) is 5. The first-order chi connectivity index (χ1) is 15.3. The first-order valence-corrected chi connectivity index (χ1v) is 10.9. The lowest BCUT2D eigenvalue weighted by molar-refractivity contribution is 0.0365. The van der Waals surface area contributed by atoms with E-state index >= 15 is 0 Å². The predicted molar refractivity (Wildman–Crippen MR) is 125 cm³/mol. The SMILES string of the molecule is Clc1cccc(Nc2nccc(-c3cccc4c3ccn4CCN3CCOCC3)n2)c1. The molecule has 0 bridgehead atoms. The van der Waals surface area contributed by atoms with E-state index in [1.54, 1.807) is 6.20 Å². The van der Waals surface area contributed by atoms with Crippen LogP contribution in [0.1, 0.15) is 0 Å². The van der Waals surface area contributed by atoms with E-state index in [0.29, 0.717) is 11.0 Å². The molecular formula is C24H24ClN5O. The number of nitrogens with zero attached hydrogens (tertiary/aromatic N) is 4. The van der Waals surface area contributed by atoms with Crippen molar-refractivity contribution >= 4 is 34.1 Å². The number of benzene rings is 2. The molecule has 5 rings (SSSR count). The van der Waals surface area contributed by atoms with Crippen LogP contribution in [-0.4, -0.2) is 52.3 Å². The minimum atomic E-state index is 0.545. The summed E-state index contributed by atoms with van der Waals surface area (Å²) in [6.07, 6.45) is 3.95. The number of aromatic nitrogens is 3. The largest absolute Gasteiger partial charge is 0.379 e. The van der Waals surface area contributed by atoms with Gasteiger partial charge in [-0.05, 0) is 36.4 Å². The van der Waals surface area contributed by atoms with Gasteiger partial charge in [-0.25, -0.2) is 9.97 Å². The third kappa shape index (κ3) is 4.56. The third-order valence-corrected chi connectivity index (χ3v) is 5.82. The van der Waals surface area contributed by atoms with Crippen molar-refractivity contribution < 1.29 is 4.74 Å². The Labute approximate surface area is 186 Å². The van der Waals surface area contributed by atoms with E-state index in [2.05, 4.69) is 50.2 Å². The van der Waals surface area contributed by atoms with E-state index in [1.165, 1.54) is 10.9 Å². The van der Waals surface area contributed by atoms with Gasteiger partial charge in [0, 0.05) is 65.7 Å². The molecule has 1 saturated heterocycles. The molecule has 0 radical (unpaired) electrons. The molecule has 0 saturated carbocycles. The second-order valence-corrected chi connectivity index (χ2v) is 8.04. The number of halogens is 1. The molecule has 0 amide bonds. The Balaban J connectivity index is 1.39. The topological polar surface area (TPSA) is 55.2 Å². The van der Waals surface area contributed by atoms with Crippen molar-refractivity contribution in [1.82, 2.24) is 19.4 Å². The molecule has 0 atom stereocenters. The average Bonchev–Trinajstić information content (AvgIpc) is 3.22. The maximum atomic E-state index is 6.09. The van der Waals surface area contributed by atoms with Crippen molar-refractivity contribution in [2.75, 3.05) is 38.2 Å². The minimum Gasteiger partial charge on any atom is -0.379 e. The summed E-state index contributed by atoms with van der Waals surface area (Å²) < 4.78 is 7.77. The number of morpholine rings is 1. The molecule has 158 valence electrons. The van der Waals surface area contributed by atoms with Gasteiger partial charge in [0.25, 0.3) is 0 Å². The van der Waals surface area contributed by atoms with E-state index < -0.39 is 0 Å². The number of rotatable bonds is 6. The Morgan fingerprint density at radius 1 is 1.00 bits per heavy atom. The van der Waals surface area contributed by atoms with Gasteiger partial charge < -0.3 is 14.6 Å². The lowest BCUT2D eigenvalue weighted by Gasteiger charge is -2.26. The summed E-state index contributed by atoms with van der Waals surface area (Å²) in [7, 11) is 0. The van der Waals surface area contributed by atoms with Crippen molar-refractivity contribution in [3.8, 4) is 11.3 Å².